The Morgan fingerprint density at radius 2 is 2.32 bits per heavy atom. The predicted molar refractivity (Wildman–Crippen MR) is 82.1 cm³/mol. The highest BCUT2D eigenvalue weighted by Gasteiger charge is 2.24. The summed E-state index contributed by atoms with van der Waals surface area (Å²) in [5.74, 6) is 0.966. The van der Waals surface area contributed by atoms with E-state index < -0.39 is 5.91 Å². The smallest absolute Gasteiger partial charge is 0.270 e. The molecular weight excluding hydrogens is 425 g/mol. The molecule has 0 bridgehead atoms. The van der Waals surface area contributed by atoms with E-state index in [-0.39, 0.29) is 0 Å². The molecule has 0 atom stereocenters. The number of benzene rings is 1. The topological polar surface area (TPSA) is 70.1 Å². The third kappa shape index (κ3) is 2.14. The molecule has 3 rings (SSSR count). The molecule has 2 heterocycles. The molecule has 0 spiro atoms. The lowest BCUT2D eigenvalue weighted by atomic mass is 10.2. The predicted octanol–water partition coefficient (Wildman–Crippen LogP) is 2.41. The summed E-state index contributed by atoms with van der Waals surface area (Å²) in [6.07, 6.45) is 0. The number of halogens is 2. The van der Waals surface area contributed by atoms with Gasteiger partial charge in [-0.25, -0.2) is 4.98 Å². The average Bonchev–Trinajstić information content (AvgIpc) is 2.59. The van der Waals surface area contributed by atoms with Crippen molar-refractivity contribution in [3.05, 3.63) is 32.1 Å². The van der Waals surface area contributed by atoms with Crippen LogP contribution < -0.4 is 10.5 Å². The zero-order valence-electron chi connectivity index (χ0n) is 9.69. The molecule has 1 amide bonds. The summed E-state index contributed by atoms with van der Waals surface area (Å²) in [4.78, 5) is 15.8. The van der Waals surface area contributed by atoms with Crippen molar-refractivity contribution in [3.8, 4) is 17.1 Å². The molecule has 0 radical (unpaired) electrons. The Labute approximate surface area is 131 Å². The monoisotopic (exact) mass is 433 g/mol. The molecule has 0 fully saturated rings. The van der Waals surface area contributed by atoms with Crippen molar-refractivity contribution >= 4 is 44.4 Å². The van der Waals surface area contributed by atoms with E-state index in [2.05, 4.69) is 43.5 Å². The van der Waals surface area contributed by atoms with Gasteiger partial charge in [-0.3, -0.25) is 4.79 Å². The van der Waals surface area contributed by atoms with E-state index in [0.29, 0.717) is 24.7 Å². The summed E-state index contributed by atoms with van der Waals surface area (Å²) < 4.78 is 9.33. The van der Waals surface area contributed by atoms with E-state index in [1.807, 2.05) is 22.8 Å². The lowest BCUT2D eigenvalue weighted by molar-refractivity contribution is 0.0995. The van der Waals surface area contributed by atoms with E-state index in [4.69, 9.17) is 10.5 Å². The number of hydrogen-bond acceptors (Lipinski definition) is 3. The van der Waals surface area contributed by atoms with Gasteiger partial charge in [0.2, 0.25) is 0 Å². The number of amides is 1. The van der Waals surface area contributed by atoms with Crippen LogP contribution in [-0.4, -0.2) is 22.1 Å². The summed E-state index contributed by atoms with van der Waals surface area (Å²) in [5.41, 5.74) is 6.52. The van der Waals surface area contributed by atoms with Gasteiger partial charge in [0.1, 0.15) is 21.9 Å². The van der Waals surface area contributed by atoms with E-state index >= 15 is 0 Å². The van der Waals surface area contributed by atoms with E-state index in [1.54, 1.807) is 0 Å². The standard InChI is InChI=1S/C12H9BrIN3O2/c13-6-1-2-8-7(5-6)12-16-9(11(15)18)10(14)17(12)3-4-19-8/h1-2,5H,3-4H2,(H2,15,18). The molecule has 0 unspecified atom stereocenters. The molecule has 0 saturated heterocycles. The lowest BCUT2D eigenvalue weighted by Gasteiger charge is -2.05. The fourth-order valence-corrected chi connectivity index (χ4v) is 3.27. The lowest BCUT2D eigenvalue weighted by Crippen LogP contribution is -2.14. The third-order valence-corrected chi connectivity index (χ3v) is 4.48. The van der Waals surface area contributed by atoms with Crippen LogP contribution >= 0.6 is 38.5 Å². The van der Waals surface area contributed by atoms with Crippen molar-refractivity contribution in [2.75, 3.05) is 6.61 Å². The number of primary amides is 1. The van der Waals surface area contributed by atoms with Gasteiger partial charge in [0, 0.05) is 4.47 Å². The Balaban J connectivity index is 2.28. The van der Waals surface area contributed by atoms with Crippen LogP contribution in [0.15, 0.2) is 22.7 Å². The van der Waals surface area contributed by atoms with Gasteiger partial charge in [0.25, 0.3) is 5.91 Å². The Morgan fingerprint density at radius 1 is 1.53 bits per heavy atom. The first-order valence-electron chi connectivity index (χ1n) is 5.56. The Kier molecular flexibility index (Phi) is 3.25. The minimum absolute atomic E-state index is 0.309. The summed E-state index contributed by atoms with van der Waals surface area (Å²) >= 11 is 5.53. The molecule has 1 aliphatic rings. The SMILES string of the molecule is NC(=O)c1nc2n(c1I)CCOc1ccc(Br)cc1-2. The van der Waals surface area contributed by atoms with Gasteiger partial charge in [-0.15, -0.1) is 0 Å². The second-order valence-corrected chi connectivity index (χ2v) is 6.02. The number of carbonyl (C=O) groups is 1. The molecule has 98 valence electrons. The normalized spacial score (nSPS) is 13.2. The Hall–Kier alpha value is -1.09. The summed E-state index contributed by atoms with van der Waals surface area (Å²) in [6.45, 7) is 1.17. The molecule has 1 aromatic carbocycles. The van der Waals surface area contributed by atoms with Gasteiger partial charge in [0.05, 0.1) is 12.1 Å². The summed E-state index contributed by atoms with van der Waals surface area (Å²) in [6, 6.07) is 5.73. The largest absolute Gasteiger partial charge is 0.491 e. The maximum absolute atomic E-state index is 11.4. The van der Waals surface area contributed by atoms with Gasteiger partial charge >= 0.3 is 0 Å². The number of rotatable bonds is 1. The molecule has 5 nitrogen and oxygen atoms in total. The number of nitrogens with zero attached hydrogens (tertiary/aromatic N) is 2. The van der Waals surface area contributed by atoms with Crippen LogP contribution in [-0.2, 0) is 6.54 Å². The minimum atomic E-state index is -0.512. The highest BCUT2D eigenvalue weighted by atomic mass is 127. The van der Waals surface area contributed by atoms with Gasteiger partial charge in [-0.1, -0.05) is 15.9 Å². The fraction of sp³-hybridized carbons (Fsp3) is 0.167. The Morgan fingerprint density at radius 3 is 3.05 bits per heavy atom. The molecule has 0 saturated carbocycles. The van der Waals surface area contributed by atoms with Crippen molar-refractivity contribution in [1.29, 1.82) is 0 Å². The highest BCUT2D eigenvalue weighted by molar-refractivity contribution is 14.1. The van der Waals surface area contributed by atoms with Gasteiger partial charge in [-0.2, -0.15) is 0 Å². The number of aromatic nitrogens is 2. The fourth-order valence-electron chi connectivity index (χ4n) is 2.05. The minimum Gasteiger partial charge on any atom is -0.491 e. The molecule has 0 aliphatic carbocycles. The van der Waals surface area contributed by atoms with Crippen LogP contribution in [0, 0.1) is 3.70 Å². The first-order chi connectivity index (χ1) is 9.08. The zero-order valence-corrected chi connectivity index (χ0v) is 13.4. The molecule has 19 heavy (non-hydrogen) atoms. The quantitative estimate of drug-likeness (QED) is 0.702. The van der Waals surface area contributed by atoms with Crippen molar-refractivity contribution in [1.82, 2.24) is 9.55 Å². The van der Waals surface area contributed by atoms with E-state index in [9.17, 15) is 4.79 Å². The molecule has 1 aromatic heterocycles. The number of imidazole rings is 1. The van der Waals surface area contributed by atoms with Crippen LogP contribution in [0.25, 0.3) is 11.4 Å². The van der Waals surface area contributed by atoms with E-state index in [1.165, 1.54) is 0 Å². The number of hydrogen-bond donors (Lipinski definition) is 1. The van der Waals surface area contributed by atoms with Crippen LogP contribution in [0.5, 0.6) is 5.75 Å². The van der Waals surface area contributed by atoms with Gasteiger partial charge in [0.15, 0.2) is 5.69 Å². The Bertz CT molecular complexity index is 684. The average molecular weight is 434 g/mol. The number of fused-ring (bicyclic) bond motifs is 3. The summed E-state index contributed by atoms with van der Waals surface area (Å²) in [5, 5.41) is 0. The second kappa shape index (κ2) is 4.78. The van der Waals surface area contributed by atoms with Gasteiger partial charge in [-0.05, 0) is 40.8 Å². The van der Waals surface area contributed by atoms with Crippen LogP contribution in [0.3, 0.4) is 0 Å². The molecule has 7 heteroatoms. The zero-order chi connectivity index (χ0) is 13.6. The van der Waals surface area contributed by atoms with Crippen LogP contribution in [0.2, 0.25) is 0 Å². The third-order valence-electron chi connectivity index (χ3n) is 2.89. The number of carbonyl (C=O) groups excluding carboxylic acids is 1. The molecule has 2 N–H and O–H groups in total. The van der Waals surface area contributed by atoms with Crippen molar-refractivity contribution in [2.24, 2.45) is 5.73 Å². The van der Waals surface area contributed by atoms with Crippen molar-refractivity contribution < 1.29 is 9.53 Å². The molecular formula is C12H9BrIN3O2. The maximum Gasteiger partial charge on any atom is 0.270 e. The molecule has 2 aromatic rings. The van der Waals surface area contributed by atoms with E-state index in [0.717, 1.165) is 19.5 Å². The highest BCUT2D eigenvalue weighted by Crippen LogP contribution is 2.35. The van der Waals surface area contributed by atoms with Crippen molar-refractivity contribution in [3.63, 3.8) is 0 Å². The number of nitrogens with two attached hydrogens (primary N) is 1. The first-order valence-corrected chi connectivity index (χ1v) is 7.43. The molecule has 1 aliphatic heterocycles. The van der Waals surface area contributed by atoms with Crippen molar-refractivity contribution in [2.45, 2.75) is 6.54 Å². The van der Waals surface area contributed by atoms with Crippen LogP contribution in [0.1, 0.15) is 10.5 Å². The maximum atomic E-state index is 11.4. The second-order valence-electron chi connectivity index (χ2n) is 4.08. The van der Waals surface area contributed by atoms with Gasteiger partial charge < -0.3 is 15.0 Å². The van der Waals surface area contributed by atoms with Crippen LogP contribution in [0.4, 0.5) is 0 Å². The first kappa shape index (κ1) is 12.9. The summed E-state index contributed by atoms with van der Waals surface area (Å²) in [7, 11) is 0. The number of ether oxygens (including phenoxy) is 1.